The number of rotatable bonds is 5. The molecule has 0 spiro atoms. The third kappa shape index (κ3) is 3.85. The summed E-state index contributed by atoms with van der Waals surface area (Å²) >= 11 is 0. The Bertz CT molecular complexity index is 561. The lowest BCUT2D eigenvalue weighted by Gasteiger charge is -2.11. The third-order valence-corrected chi connectivity index (χ3v) is 2.63. The molecule has 0 aliphatic rings. The Labute approximate surface area is 119 Å². The molecule has 0 aromatic heterocycles. The van der Waals surface area contributed by atoms with Crippen LogP contribution in [0.5, 0.6) is 11.5 Å². The summed E-state index contributed by atoms with van der Waals surface area (Å²) in [5.41, 5.74) is 0.442. The average molecular weight is 270 g/mol. The van der Waals surface area contributed by atoms with E-state index in [0.29, 0.717) is 29.6 Å². The molecule has 20 heavy (non-hydrogen) atoms. The third-order valence-electron chi connectivity index (χ3n) is 2.63. The van der Waals surface area contributed by atoms with Crippen LogP contribution in [0.15, 0.2) is 54.6 Å². The fourth-order valence-corrected chi connectivity index (χ4v) is 1.66. The van der Waals surface area contributed by atoms with Crippen LogP contribution < -0.4 is 4.74 Å². The molecular formula is C17H18O3. The summed E-state index contributed by atoms with van der Waals surface area (Å²) in [6.45, 7) is 4.40. The zero-order chi connectivity index (χ0) is 14.4. The highest BCUT2D eigenvalue weighted by Gasteiger charge is 2.14. The molecule has 0 heterocycles. The molecule has 0 unspecified atom stereocenters. The summed E-state index contributed by atoms with van der Waals surface area (Å²) in [4.78, 5) is 12.1. The van der Waals surface area contributed by atoms with E-state index < -0.39 is 0 Å². The largest absolute Gasteiger partial charge is 0.462 e. The van der Waals surface area contributed by atoms with E-state index in [0.717, 1.165) is 0 Å². The van der Waals surface area contributed by atoms with Gasteiger partial charge in [0.05, 0.1) is 6.61 Å². The lowest BCUT2D eigenvalue weighted by Crippen LogP contribution is -2.11. The fourth-order valence-electron chi connectivity index (χ4n) is 1.66. The van der Waals surface area contributed by atoms with Crippen LogP contribution in [0.25, 0.3) is 0 Å². The van der Waals surface area contributed by atoms with Crippen molar-refractivity contribution in [3.8, 4) is 11.5 Å². The number of esters is 1. The number of hydrogen-bond donors (Lipinski definition) is 0. The van der Waals surface area contributed by atoms with Gasteiger partial charge in [0.15, 0.2) is 0 Å². The maximum absolute atomic E-state index is 12.1. The van der Waals surface area contributed by atoms with E-state index in [-0.39, 0.29) is 5.97 Å². The van der Waals surface area contributed by atoms with Crippen molar-refractivity contribution in [1.82, 2.24) is 0 Å². The van der Waals surface area contributed by atoms with Crippen LogP contribution in [-0.2, 0) is 4.74 Å². The second-order valence-corrected chi connectivity index (χ2v) is 4.90. The number of benzene rings is 2. The lowest BCUT2D eigenvalue weighted by molar-refractivity contribution is 0.0456. The Morgan fingerprint density at radius 3 is 2.35 bits per heavy atom. The Kier molecular flexibility index (Phi) is 4.77. The number of carbonyl (C=O) groups is 1. The molecule has 2 aromatic carbocycles. The SMILES string of the molecule is CC(C)COC(=O)c1ccccc1Oc1ccccc1. The molecule has 0 atom stereocenters. The van der Waals surface area contributed by atoms with E-state index in [2.05, 4.69) is 0 Å². The highest BCUT2D eigenvalue weighted by Crippen LogP contribution is 2.25. The zero-order valence-corrected chi connectivity index (χ0v) is 11.7. The number of carbonyl (C=O) groups excluding carboxylic acids is 1. The van der Waals surface area contributed by atoms with Gasteiger partial charge >= 0.3 is 5.97 Å². The molecule has 0 aliphatic carbocycles. The molecule has 0 fully saturated rings. The molecule has 2 rings (SSSR count). The standard InChI is InChI=1S/C17H18O3/c1-13(2)12-19-17(18)15-10-6-7-11-16(15)20-14-8-4-3-5-9-14/h3-11,13H,12H2,1-2H3. The molecule has 0 bridgehead atoms. The van der Waals surface area contributed by atoms with Gasteiger partial charge in [-0.2, -0.15) is 0 Å². The van der Waals surface area contributed by atoms with E-state index in [9.17, 15) is 4.79 Å². The van der Waals surface area contributed by atoms with Crippen molar-refractivity contribution in [3.05, 3.63) is 60.2 Å². The van der Waals surface area contributed by atoms with Gasteiger partial charge in [0.1, 0.15) is 17.1 Å². The lowest BCUT2D eigenvalue weighted by atomic mass is 10.2. The Hall–Kier alpha value is -2.29. The van der Waals surface area contributed by atoms with Crippen LogP contribution in [0.3, 0.4) is 0 Å². The predicted octanol–water partition coefficient (Wildman–Crippen LogP) is 4.29. The van der Waals surface area contributed by atoms with Gasteiger partial charge in [0, 0.05) is 0 Å². The number of hydrogen-bond acceptors (Lipinski definition) is 3. The van der Waals surface area contributed by atoms with Crippen LogP contribution in [0, 0.1) is 5.92 Å². The van der Waals surface area contributed by atoms with Gasteiger partial charge in [-0.05, 0) is 30.2 Å². The van der Waals surface area contributed by atoms with Crippen molar-refractivity contribution in [2.75, 3.05) is 6.61 Å². The van der Waals surface area contributed by atoms with Crippen molar-refractivity contribution in [2.24, 2.45) is 5.92 Å². The van der Waals surface area contributed by atoms with Crippen molar-refractivity contribution in [2.45, 2.75) is 13.8 Å². The first kappa shape index (κ1) is 14.1. The molecule has 3 heteroatoms. The Morgan fingerprint density at radius 1 is 1.00 bits per heavy atom. The van der Waals surface area contributed by atoms with Gasteiger partial charge in [-0.25, -0.2) is 4.79 Å². The second-order valence-electron chi connectivity index (χ2n) is 4.90. The first-order valence-electron chi connectivity index (χ1n) is 6.66. The zero-order valence-electron chi connectivity index (χ0n) is 11.7. The number of para-hydroxylation sites is 2. The van der Waals surface area contributed by atoms with Gasteiger partial charge in [0.2, 0.25) is 0 Å². The van der Waals surface area contributed by atoms with E-state index in [1.54, 1.807) is 18.2 Å². The minimum absolute atomic E-state index is 0.307. The minimum Gasteiger partial charge on any atom is -0.462 e. The summed E-state index contributed by atoms with van der Waals surface area (Å²) in [5, 5.41) is 0. The molecule has 0 N–H and O–H groups in total. The fraction of sp³-hybridized carbons (Fsp3) is 0.235. The molecule has 104 valence electrons. The van der Waals surface area contributed by atoms with Crippen LogP contribution in [0.2, 0.25) is 0 Å². The molecule has 2 aromatic rings. The molecule has 0 amide bonds. The van der Waals surface area contributed by atoms with Crippen LogP contribution in [0.1, 0.15) is 24.2 Å². The van der Waals surface area contributed by atoms with Gasteiger partial charge in [-0.15, -0.1) is 0 Å². The van der Waals surface area contributed by atoms with E-state index in [1.807, 2.05) is 50.2 Å². The molecule has 0 saturated heterocycles. The highest BCUT2D eigenvalue weighted by molar-refractivity contribution is 5.92. The van der Waals surface area contributed by atoms with Crippen molar-refractivity contribution < 1.29 is 14.3 Å². The molecule has 3 nitrogen and oxygen atoms in total. The first-order chi connectivity index (χ1) is 9.66. The van der Waals surface area contributed by atoms with Gasteiger partial charge in [-0.1, -0.05) is 44.2 Å². The summed E-state index contributed by atoms with van der Waals surface area (Å²) in [5.74, 6) is 1.15. The topological polar surface area (TPSA) is 35.5 Å². The summed E-state index contributed by atoms with van der Waals surface area (Å²) in [7, 11) is 0. The summed E-state index contributed by atoms with van der Waals surface area (Å²) in [6.07, 6.45) is 0. The predicted molar refractivity (Wildman–Crippen MR) is 78.1 cm³/mol. The Morgan fingerprint density at radius 2 is 1.65 bits per heavy atom. The summed E-state index contributed by atoms with van der Waals surface area (Å²) < 4.78 is 11.0. The van der Waals surface area contributed by atoms with Gasteiger partial charge in [0.25, 0.3) is 0 Å². The Balaban J connectivity index is 2.16. The molecule has 0 saturated carbocycles. The highest BCUT2D eigenvalue weighted by atomic mass is 16.5. The molecule has 0 aliphatic heterocycles. The van der Waals surface area contributed by atoms with E-state index in [4.69, 9.17) is 9.47 Å². The van der Waals surface area contributed by atoms with Gasteiger partial charge < -0.3 is 9.47 Å². The van der Waals surface area contributed by atoms with E-state index in [1.165, 1.54) is 0 Å². The van der Waals surface area contributed by atoms with Crippen LogP contribution in [0.4, 0.5) is 0 Å². The molecule has 0 radical (unpaired) electrons. The quantitative estimate of drug-likeness (QED) is 0.760. The normalized spacial score (nSPS) is 10.3. The maximum Gasteiger partial charge on any atom is 0.341 e. The minimum atomic E-state index is -0.356. The summed E-state index contributed by atoms with van der Waals surface area (Å²) in [6, 6.07) is 16.5. The molecular weight excluding hydrogens is 252 g/mol. The van der Waals surface area contributed by atoms with Crippen molar-refractivity contribution in [3.63, 3.8) is 0 Å². The smallest absolute Gasteiger partial charge is 0.341 e. The van der Waals surface area contributed by atoms with Crippen molar-refractivity contribution in [1.29, 1.82) is 0 Å². The van der Waals surface area contributed by atoms with E-state index >= 15 is 0 Å². The average Bonchev–Trinajstić information content (AvgIpc) is 2.46. The second kappa shape index (κ2) is 6.75. The monoisotopic (exact) mass is 270 g/mol. The van der Waals surface area contributed by atoms with Gasteiger partial charge in [-0.3, -0.25) is 0 Å². The van der Waals surface area contributed by atoms with Crippen LogP contribution >= 0.6 is 0 Å². The van der Waals surface area contributed by atoms with Crippen molar-refractivity contribution >= 4 is 5.97 Å². The van der Waals surface area contributed by atoms with Crippen LogP contribution in [-0.4, -0.2) is 12.6 Å². The maximum atomic E-state index is 12.1. The number of ether oxygens (including phenoxy) is 2. The first-order valence-corrected chi connectivity index (χ1v) is 6.66.